The molecule has 0 aliphatic carbocycles. The van der Waals surface area contributed by atoms with Crippen LogP contribution in [0, 0.1) is 11.6 Å². The number of hydrogen-bond acceptors (Lipinski definition) is 3. The molecule has 0 bridgehead atoms. The van der Waals surface area contributed by atoms with Crippen molar-refractivity contribution >= 4 is 5.69 Å². The van der Waals surface area contributed by atoms with Gasteiger partial charge in [-0.2, -0.15) is 0 Å². The molecular formula is C16H16F2N2O. The van der Waals surface area contributed by atoms with Crippen LogP contribution in [0.3, 0.4) is 0 Å². The van der Waals surface area contributed by atoms with Crippen LogP contribution in [0.2, 0.25) is 0 Å². The first-order valence-electron chi connectivity index (χ1n) is 6.85. The minimum Gasteiger partial charge on any atom is -0.486 e. The Hall–Kier alpha value is -2.14. The van der Waals surface area contributed by atoms with E-state index in [2.05, 4.69) is 10.6 Å². The Balaban J connectivity index is 1.57. The Bertz CT molecular complexity index is 619. The van der Waals surface area contributed by atoms with Crippen molar-refractivity contribution in [3.05, 3.63) is 59.7 Å². The smallest absolute Gasteiger partial charge is 0.178 e. The van der Waals surface area contributed by atoms with E-state index in [0.717, 1.165) is 12.6 Å². The molecule has 1 heterocycles. The van der Waals surface area contributed by atoms with Crippen LogP contribution in [0.4, 0.5) is 14.5 Å². The quantitative estimate of drug-likeness (QED) is 0.908. The number of benzene rings is 2. The molecule has 1 atom stereocenters. The average molecular weight is 290 g/mol. The Labute approximate surface area is 121 Å². The molecular weight excluding hydrogens is 274 g/mol. The van der Waals surface area contributed by atoms with Gasteiger partial charge in [0.25, 0.3) is 0 Å². The van der Waals surface area contributed by atoms with Crippen molar-refractivity contribution in [1.29, 1.82) is 0 Å². The summed E-state index contributed by atoms with van der Waals surface area (Å²) < 4.78 is 32.1. The van der Waals surface area contributed by atoms with Crippen LogP contribution in [-0.2, 0) is 6.54 Å². The molecule has 0 fully saturated rings. The third kappa shape index (κ3) is 3.31. The summed E-state index contributed by atoms with van der Waals surface area (Å²) in [6.07, 6.45) is 0. The summed E-state index contributed by atoms with van der Waals surface area (Å²) in [4.78, 5) is 0. The number of halogens is 2. The number of anilines is 1. The van der Waals surface area contributed by atoms with E-state index in [1.54, 1.807) is 0 Å². The molecule has 1 aliphatic heterocycles. The van der Waals surface area contributed by atoms with Gasteiger partial charge in [0, 0.05) is 25.2 Å². The Morgan fingerprint density at radius 2 is 2.00 bits per heavy atom. The van der Waals surface area contributed by atoms with Gasteiger partial charge in [-0.15, -0.1) is 0 Å². The first-order valence-corrected chi connectivity index (χ1v) is 6.85. The topological polar surface area (TPSA) is 33.3 Å². The minimum atomic E-state index is -0.673. The number of nitrogens with one attached hydrogen (secondary N) is 2. The van der Waals surface area contributed by atoms with Crippen LogP contribution in [0.5, 0.6) is 5.75 Å². The van der Waals surface area contributed by atoms with Gasteiger partial charge in [-0.3, -0.25) is 0 Å². The molecule has 3 rings (SSSR count). The van der Waals surface area contributed by atoms with Gasteiger partial charge in [-0.1, -0.05) is 30.3 Å². The van der Waals surface area contributed by atoms with E-state index >= 15 is 0 Å². The summed E-state index contributed by atoms with van der Waals surface area (Å²) in [6.45, 7) is 1.73. The first-order chi connectivity index (χ1) is 10.2. The van der Waals surface area contributed by atoms with E-state index < -0.39 is 11.6 Å². The molecule has 0 saturated carbocycles. The molecule has 0 saturated heterocycles. The van der Waals surface area contributed by atoms with E-state index in [1.165, 1.54) is 11.6 Å². The van der Waals surface area contributed by atoms with Gasteiger partial charge >= 0.3 is 0 Å². The van der Waals surface area contributed by atoms with Gasteiger partial charge in [0.05, 0.1) is 11.7 Å². The first kappa shape index (κ1) is 13.8. The zero-order chi connectivity index (χ0) is 14.7. The number of fused-ring (bicyclic) bond motifs is 1. The van der Waals surface area contributed by atoms with Crippen LogP contribution in [-0.4, -0.2) is 19.2 Å². The maximum atomic E-state index is 13.5. The summed E-state index contributed by atoms with van der Waals surface area (Å²) in [5.74, 6) is -1.19. The zero-order valence-electron chi connectivity index (χ0n) is 11.4. The molecule has 5 heteroatoms. The lowest BCUT2D eigenvalue weighted by Crippen LogP contribution is -2.40. The Kier molecular flexibility index (Phi) is 4.01. The average Bonchev–Trinajstić information content (AvgIpc) is 2.48. The highest BCUT2D eigenvalue weighted by atomic mass is 19.1. The fourth-order valence-corrected chi connectivity index (χ4v) is 2.36. The summed E-state index contributed by atoms with van der Waals surface area (Å²) in [5, 5.41) is 6.40. The molecule has 1 unspecified atom stereocenters. The van der Waals surface area contributed by atoms with Gasteiger partial charge in [-0.25, -0.2) is 8.78 Å². The van der Waals surface area contributed by atoms with Crippen LogP contribution in [0.15, 0.2) is 42.5 Å². The molecule has 0 radical (unpaired) electrons. The molecule has 21 heavy (non-hydrogen) atoms. The molecule has 1 aliphatic rings. The normalized spacial score (nSPS) is 16.8. The Morgan fingerprint density at radius 3 is 2.81 bits per heavy atom. The van der Waals surface area contributed by atoms with Crippen LogP contribution < -0.4 is 15.4 Å². The fraction of sp³-hybridized carbons (Fsp3) is 0.250. The zero-order valence-corrected chi connectivity index (χ0v) is 11.4. The second-order valence-corrected chi connectivity index (χ2v) is 5.03. The van der Waals surface area contributed by atoms with E-state index in [-0.39, 0.29) is 11.8 Å². The molecule has 0 aromatic heterocycles. The SMILES string of the molecule is Fc1cc(F)c2c(c1)NC(CNCc1ccccc1)CO2. The predicted molar refractivity (Wildman–Crippen MR) is 77.4 cm³/mol. The van der Waals surface area contributed by atoms with Gasteiger partial charge in [-0.05, 0) is 5.56 Å². The molecule has 2 N–H and O–H groups in total. The monoisotopic (exact) mass is 290 g/mol. The maximum Gasteiger partial charge on any atom is 0.178 e. The summed E-state index contributed by atoms with van der Waals surface area (Å²) >= 11 is 0. The van der Waals surface area contributed by atoms with Crippen molar-refractivity contribution in [2.75, 3.05) is 18.5 Å². The molecule has 2 aromatic rings. The summed E-state index contributed by atoms with van der Waals surface area (Å²) in [5.41, 5.74) is 1.55. The van der Waals surface area contributed by atoms with Crippen LogP contribution in [0.25, 0.3) is 0 Å². The lowest BCUT2D eigenvalue weighted by atomic mass is 10.2. The van der Waals surface area contributed by atoms with Crippen molar-refractivity contribution in [3.63, 3.8) is 0 Å². The summed E-state index contributed by atoms with van der Waals surface area (Å²) in [7, 11) is 0. The molecule has 0 amide bonds. The molecule has 3 nitrogen and oxygen atoms in total. The van der Waals surface area contributed by atoms with E-state index in [4.69, 9.17) is 4.74 Å². The molecule has 2 aromatic carbocycles. The second-order valence-electron chi connectivity index (χ2n) is 5.03. The van der Waals surface area contributed by atoms with Crippen molar-refractivity contribution in [1.82, 2.24) is 5.32 Å². The van der Waals surface area contributed by atoms with E-state index in [1.807, 2.05) is 30.3 Å². The summed E-state index contributed by atoms with van der Waals surface area (Å²) in [6, 6.07) is 12.1. The van der Waals surface area contributed by atoms with E-state index in [0.29, 0.717) is 18.8 Å². The maximum absolute atomic E-state index is 13.5. The van der Waals surface area contributed by atoms with Gasteiger partial charge in [0.1, 0.15) is 12.4 Å². The Morgan fingerprint density at radius 1 is 1.19 bits per heavy atom. The van der Waals surface area contributed by atoms with Crippen molar-refractivity contribution in [3.8, 4) is 5.75 Å². The third-order valence-electron chi connectivity index (χ3n) is 3.36. The largest absolute Gasteiger partial charge is 0.486 e. The molecule has 0 spiro atoms. The minimum absolute atomic E-state index is 0.0255. The van der Waals surface area contributed by atoms with Gasteiger partial charge in [0.15, 0.2) is 11.6 Å². The second kappa shape index (κ2) is 6.10. The van der Waals surface area contributed by atoms with Crippen molar-refractivity contribution in [2.24, 2.45) is 0 Å². The highest BCUT2D eigenvalue weighted by Gasteiger charge is 2.22. The van der Waals surface area contributed by atoms with Crippen molar-refractivity contribution < 1.29 is 13.5 Å². The number of hydrogen-bond donors (Lipinski definition) is 2. The lowest BCUT2D eigenvalue weighted by Gasteiger charge is -2.28. The van der Waals surface area contributed by atoms with Crippen molar-refractivity contribution in [2.45, 2.75) is 12.6 Å². The highest BCUT2D eigenvalue weighted by Crippen LogP contribution is 2.32. The third-order valence-corrected chi connectivity index (χ3v) is 3.36. The van der Waals surface area contributed by atoms with Crippen LogP contribution in [0.1, 0.15) is 5.56 Å². The highest BCUT2D eigenvalue weighted by molar-refractivity contribution is 5.59. The van der Waals surface area contributed by atoms with Crippen LogP contribution >= 0.6 is 0 Å². The standard InChI is InChI=1S/C16H16F2N2O/c17-12-6-14(18)16-15(7-12)20-13(10-21-16)9-19-8-11-4-2-1-3-5-11/h1-7,13,19-20H,8-10H2. The molecule has 110 valence electrons. The lowest BCUT2D eigenvalue weighted by molar-refractivity contribution is 0.266. The fourth-order valence-electron chi connectivity index (χ4n) is 2.36. The number of ether oxygens (including phenoxy) is 1. The number of rotatable bonds is 4. The van der Waals surface area contributed by atoms with Gasteiger partial charge < -0.3 is 15.4 Å². The van der Waals surface area contributed by atoms with Gasteiger partial charge in [0.2, 0.25) is 0 Å². The predicted octanol–water partition coefficient (Wildman–Crippen LogP) is 2.93. The van der Waals surface area contributed by atoms with E-state index in [9.17, 15) is 8.78 Å².